The molecule has 0 bridgehead atoms. The number of hydrogen-bond donors (Lipinski definition) is 1. The van der Waals surface area contributed by atoms with Crippen LogP contribution in [0.3, 0.4) is 0 Å². The van der Waals surface area contributed by atoms with Crippen LogP contribution in [0.2, 0.25) is 0 Å². The minimum atomic E-state index is -3.44. The van der Waals surface area contributed by atoms with Crippen molar-refractivity contribution in [2.24, 2.45) is 12.8 Å². The number of hydrogen-bond acceptors (Lipinski definition) is 5. The first kappa shape index (κ1) is 15.4. The quantitative estimate of drug-likeness (QED) is 0.743. The number of nitrogens with zero attached hydrogens (tertiary/aromatic N) is 3. The lowest BCUT2D eigenvalue weighted by Gasteiger charge is -2.31. The van der Waals surface area contributed by atoms with Gasteiger partial charge in [-0.05, 0) is 31.9 Å². The van der Waals surface area contributed by atoms with Crippen molar-refractivity contribution in [2.45, 2.75) is 30.4 Å². The van der Waals surface area contributed by atoms with Gasteiger partial charge < -0.3 is 10.5 Å². The van der Waals surface area contributed by atoms with E-state index in [1.807, 2.05) is 0 Å². The molecule has 1 saturated heterocycles. The average Bonchev–Trinajstić information content (AvgIpc) is 2.87. The fraction of sp³-hybridized carbons (Fsp3) is 0.750. The fourth-order valence-electron chi connectivity index (χ4n) is 2.32. The third-order valence-corrected chi connectivity index (χ3v) is 5.46. The zero-order valence-electron chi connectivity index (χ0n) is 11.7. The fourth-order valence-corrected chi connectivity index (χ4v) is 3.89. The molecule has 2 N–H and O–H groups in total. The molecule has 1 aliphatic heterocycles. The Morgan fingerprint density at radius 2 is 2.15 bits per heavy atom. The Morgan fingerprint density at radius 1 is 1.45 bits per heavy atom. The van der Waals surface area contributed by atoms with Crippen molar-refractivity contribution < 1.29 is 13.2 Å². The topological polar surface area (TPSA) is 90.5 Å². The van der Waals surface area contributed by atoms with E-state index < -0.39 is 10.0 Å². The first-order valence-corrected chi connectivity index (χ1v) is 8.29. The Hall–Kier alpha value is -0.960. The highest BCUT2D eigenvalue weighted by Gasteiger charge is 2.31. The monoisotopic (exact) mass is 302 g/mol. The van der Waals surface area contributed by atoms with E-state index in [0.29, 0.717) is 26.2 Å². The molecule has 0 spiro atoms. The van der Waals surface area contributed by atoms with Crippen LogP contribution >= 0.6 is 0 Å². The zero-order valence-corrected chi connectivity index (χ0v) is 12.6. The zero-order chi connectivity index (χ0) is 14.6. The Kier molecular flexibility index (Phi) is 5.14. The first-order chi connectivity index (χ1) is 9.55. The van der Waals surface area contributed by atoms with Gasteiger partial charge in [-0.3, -0.25) is 4.68 Å². The first-order valence-electron chi connectivity index (χ1n) is 6.85. The Balaban J connectivity index is 1.92. The van der Waals surface area contributed by atoms with Crippen molar-refractivity contribution in [3.8, 4) is 0 Å². The summed E-state index contributed by atoms with van der Waals surface area (Å²) in [6.45, 7) is 2.24. The summed E-state index contributed by atoms with van der Waals surface area (Å²) >= 11 is 0. The number of ether oxygens (including phenoxy) is 1. The maximum absolute atomic E-state index is 12.4. The van der Waals surface area contributed by atoms with Crippen LogP contribution in [0.15, 0.2) is 17.3 Å². The number of sulfonamides is 1. The predicted octanol–water partition coefficient (Wildman–Crippen LogP) is -0.0614. The molecule has 20 heavy (non-hydrogen) atoms. The summed E-state index contributed by atoms with van der Waals surface area (Å²) in [5.41, 5.74) is 5.42. The number of aromatic nitrogens is 2. The highest BCUT2D eigenvalue weighted by molar-refractivity contribution is 7.89. The van der Waals surface area contributed by atoms with Gasteiger partial charge in [-0.2, -0.15) is 9.40 Å². The Morgan fingerprint density at radius 3 is 2.70 bits per heavy atom. The van der Waals surface area contributed by atoms with E-state index in [1.165, 1.54) is 21.3 Å². The summed E-state index contributed by atoms with van der Waals surface area (Å²) in [7, 11) is -1.81. The van der Waals surface area contributed by atoms with Crippen molar-refractivity contribution >= 4 is 10.0 Å². The minimum absolute atomic E-state index is 0.138. The Labute approximate surface area is 119 Å². The van der Waals surface area contributed by atoms with E-state index in [9.17, 15) is 8.42 Å². The molecule has 1 aliphatic rings. The molecule has 1 fully saturated rings. The molecular formula is C12H22N4O3S. The summed E-state index contributed by atoms with van der Waals surface area (Å²) in [6, 6.07) is 1.53. The highest BCUT2D eigenvalue weighted by Crippen LogP contribution is 2.21. The Bertz CT molecular complexity index is 521. The van der Waals surface area contributed by atoms with Gasteiger partial charge >= 0.3 is 0 Å². The maximum Gasteiger partial charge on any atom is 0.260 e. The summed E-state index contributed by atoms with van der Waals surface area (Å²) in [5.74, 6) is 0. The van der Waals surface area contributed by atoms with Gasteiger partial charge in [0.05, 0.1) is 12.3 Å². The maximum atomic E-state index is 12.4. The summed E-state index contributed by atoms with van der Waals surface area (Å²) in [4.78, 5) is 0. The molecule has 7 nitrogen and oxygen atoms in total. The second kappa shape index (κ2) is 6.66. The van der Waals surface area contributed by atoms with Gasteiger partial charge in [0.25, 0.3) is 10.0 Å². The van der Waals surface area contributed by atoms with Gasteiger partial charge in [-0.25, -0.2) is 8.42 Å². The van der Waals surface area contributed by atoms with Crippen molar-refractivity contribution in [2.75, 3.05) is 26.2 Å². The lowest BCUT2D eigenvalue weighted by molar-refractivity contribution is 0.0208. The number of piperidine rings is 1. The smallest absolute Gasteiger partial charge is 0.260 e. The summed E-state index contributed by atoms with van der Waals surface area (Å²) < 4.78 is 33.5. The molecule has 114 valence electrons. The molecule has 0 amide bonds. The molecule has 1 aromatic rings. The molecular weight excluding hydrogens is 280 g/mol. The van der Waals surface area contributed by atoms with Crippen LogP contribution in [0.4, 0.5) is 0 Å². The molecule has 0 radical (unpaired) electrons. The van der Waals surface area contributed by atoms with E-state index in [1.54, 1.807) is 7.05 Å². The van der Waals surface area contributed by atoms with Crippen LogP contribution in [-0.4, -0.2) is 54.8 Å². The third kappa shape index (κ3) is 3.38. The number of nitrogens with two attached hydrogens (primary N) is 1. The summed E-state index contributed by atoms with van der Waals surface area (Å²) in [6.07, 6.45) is 3.92. The molecule has 2 heterocycles. The van der Waals surface area contributed by atoms with Crippen molar-refractivity contribution in [3.05, 3.63) is 12.3 Å². The van der Waals surface area contributed by atoms with Gasteiger partial charge in [0.15, 0.2) is 5.03 Å². The van der Waals surface area contributed by atoms with Crippen LogP contribution in [0.5, 0.6) is 0 Å². The van der Waals surface area contributed by atoms with Crippen LogP contribution in [0.1, 0.15) is 19.3 Å². The molecule has 2 rings (SSSR count). The minimum Gasteiger partial charge on any atom is -0.378 e. The average molecular weight is 302 g/mol. The number of aryl methyl sites for hydroxylation is 1. The van der Waals surface area contributed by atoms with Gasteiger partial charge in [0.1, 0.15) is 0 Å². The van der Waals surface area contributed by atoms with E-state index >= 15 is 0 Å². The lowest BCUT2D eigenvalue weighted by Crippen LogP contribution is -2.41. The van der Waals surface area contributed by atoms with Gasteiger partial charge in [0, 0.05) is 26.7 Å². The second-order valence-electron chi connectivity index (χ2n) is 4.91. The summed E-state index contributed by atoms with van der Waals surface area (Å²) in [5, 5.41) is 4.15. The predicted molar refractivity (Wildman–Crippen MR) is 74.6 cm³/mol. The lowest BCUT2D eigenvalue weighted by atomic mass is 10.1. The van der Waals surface area contributed by atoms with E-state index in [0.717, 1.165) is 19.3 Å². The molecule has 8 heteroatoms. The highest BCUT2D eigenvalue weighted by atomic mass is 32.2. The van der Waals surface area contributed by atoms with Crippen LogP contribution in [-0.2, 0) is 21.8 Å². The third-order valence-electron chi connectivity index (χ3n) is 3.48. The molecule has 1 aromatic heterocycles. The van der Waals surface area contributed by atoms with Gasteiger partial charge in [0.2, 0.25) is 0 Å². The van der Waals surface area contributed by atoms with Gasteiger partial charge in [-0.1, -0.05) is 0 Å². The van der Waals surface area contributed by atoms with E-state index in [2.05, 4.69) is 5.10 Å². The van der Waals surface area contributed by atoms with Crippen LogP contribution in [0.25, 0.3) is 0 Å². The SMILES string of the molecule is Cn1nccc1S(=O)(=O)N1CCC(OCCCN)CC1. The largest absolute Gasteiger partial charge is 0.378 e. The molecule has 0 aromatic carbocycles. The van der Waals surface area contributed by atoms with Crippen molar-refractivity contribution in [3.63, 3.8) is 0 Å². The normalized spacial score (nSPS) is 18.5. The molecule has 0 atom stereocenters. The van der Waals surface area contributed by atoms with E-state index in [4.69, 9.17) is 10.5 Å². The standard InChI is InChI=1S/C12H22N4O3S/c1-15-12(3-7-14-15)20(17,18)16-8-4-11(5-9-16)19-10-2-6-13/h3,7,11H,2,4-6,8-10,13H2,1H3. The van der Waals surface area contributed by atoms with Crippen molar-refractivity contribution in [1.29, 1.82) is 0 Å². The molecule has 0 saturated carbocycles. The molecule has 0 aliphatic carbocycles. The van der Waals surface area contributed by atoms with E-state index in [-0.39, 0.29) is 11.1 Å². The van der Waals surface area contributed by atoms with Gasteiger partial charge in [-0.15, -0.1) is 0 Å². The second-order valence-corrected chi connectivity index (χ2v) is 6.79. The molecule has 0 unspecified atom stereocenters. The number of rotatable bonds is 6. The van der Waals surface area contributed by atoms with Crippen LogP contribution in [0, 0.1) is 0 Å². The van der Waals surface area contributed by atoms with Crippen molar-refractivity contribution in [1.82, 2.24) is 14.1 Å². The van der Waals surface area contributed by atoms with Crippen LogP contribution < -0.4 is 5.73 Å².